The third-order valence-corrected chi connectivity index (χ3v) is 5.33. The van der Waals surface area contributed by atoms with Crippen LogP contribution in [0.5, 0.6) is 0 Å². The zero-order chi connectivity index (χ0) is 16.4. The third-order valence-electron chi connectivity index (χ3n) is 4.27. The molecule has 1 saturated heterocycles. The van der Waals surface area contributed by atoms with E-state index in [2.05, 4.69) is 41.6 Å². The fourth-order valence-corrected chi connectivity index (χ4v) is 4.00. The largest absolute Gasteiger partial charge is 0.342 e. The highest BCUT2D eigenvalue weighted by molar-refractivity contribution is 8.00. The molecule has 0 N–H and O–H groups in total. The Morgan fingerprint density at radius 3 is 2.70 bits per heavy atom. The minimum atomic E-state index is -0.111. The quantitative estimate of drug-likeness (QED) is 0.805. The maximum absolute atomic E-state index is 12.5. The van der Waals surface area contributed by atoms with Crippen LogP contribution in [0.3, 0.4) is 0 Å². The number of benzene rings is 1. The fourth-order valence-electron chi connectivity index (χ4n) is 3.04. The topological polar surface area (TPSA) is 38.1 Å². The number of nitrogens with zero attached hydrogens (tertiary/aromatic N) is 3. The molecular formula is C18H23N3OS. The summed E-state index contributed by atoms with van der Waals surface area (Å²) >= 11 is 1.54. The van der Waals surface area contributed by atoms with Crippen molar-refractivity contribution in [2.45, 2.75) is 44.0 Å². The summed E-state index contributed by atoms with van der Waals surface area (Å²) < 4.78 is 2.08. The van der Waals surface area contributed by atoms with Gasteiger partial charge in [0.15, 0.2) is 5.16 Å². The van der Waals surface area contributed by atoms with E-state index in [1.165, 1.54) is 11.1 Å². The van der Waals surface area contributed by atoms with Gasteiger partial charge >= 0.3 is 0 Å². The molecule has 122 valence electrons. The van der Waals surface area contributed by atoms with Gasteiger partial charge < -0.3 is 4.90 Å². The molecule has 1 fully saturated rings. The van der Waals surface area contributed by atoms with Gasteiger partial charge in [0.1, 0.15) is 0 Å². The standard InChI is InChI=1S/C18H23N3OS/c1-13-6-7-16(14(2)12-13)21-11-8-19-18(21)23-15(3)17(22)20-9-4-5-10-20/h6-8,11-12,15H,4-5,9-10H2,1-3H3. The van der Waals surface area contributed by atoms with Crippen LogP contribution in [0.15, 0.2) is 35.7 Å². The molecule has 1 aliphatic rings. The first-order valence-corrected chi connectivity index (χ1v) is 9.00. The molecular weight excluding hydrogens is 306 g/mol. The number of carbonyl (C=O) groups excluding carboxylic acids is 1. The van der Waals surface area contributed by atoms with E-state index < -0.39 is 0 Å². The van der Waals surface area contributed by atoms with Gasteiger partial charge in [-0.05, 0) is 45.2 Å². The molecule has 1 aromatic carbocycles. The van der Waals surface area contributed by atoms with Gasteiger partial charge in [-0.3, -0.25) is 9.36 Å². The molecule has 0 bridgehead atoms. The molecule has 1 aromatic heterocycles. The SMILES string of the molecule is Cc1ccc(-n2ccnc2SC(C)C(=O)N2CCCC2)c(C)c1. The van der Waals surface area contributed by atoms with E-state index >= 15 is 0 Å². The smallest absolute Gasteiger partial charge is 0.235 e. The summed E-state index contributed by atoms with van der Waals surface area (Å²) in [5.41, 5.74) is 3.58. The molecule has 1 atom stereocenters. The fraction of sp³-hybridized carbons (Fsp3) is 0.444. The maximum Gasteiger partial charge on any atom is 0.235 e. The van der Waals surface area contributed by atoms with E-state index in [4.69, 9.17) is 0 Å². The summed E-state index contributed by atoms with van der Waals surface area (Å²) in [4.78, 5) is 18.9. The summed E-state index contributed by atoms with van der Waals surface area (Å²) in [7, 11) is 0. The Morgan fingerprint density at radius 1 is 1.26 bits per heavy atom. The van der Waals surface area contributed by atoms with Gasteiger partial charge in [0.05, 0.1) is 10.9 Å². The molecule has 0 aliphatic carbocycles. The second-order valence-electron chi connectivity index (χ2n) is 6.16. The first-order valence-electron chi connectivity index (χ1n) is 8.12. The van der Waals surface area contributed by atoms with Gasteiger partial charge in [-0.2, -0.15) is 0 Å². The van der Waals surface area contributed by atoms with Crippen molar-refractivity contribution < 1.29 is 4.79 Å². The van der Waals surface area contributed by atoms with E-state index in [1.54, 1.807) is 18.0 Å². The third kappa shape index (κ3) is 3.44. The lowest BCUT2D eigenvalue weighted by molar-refractivity contribution is -0.129. The molecule has 2 heterocycles. The Bertz CT molecular complexity index is 704. The Hall–Kier alpha value is -1.75. The van der Waals surface area contributed by atoms with E-state index in [9.17, 15) is 4.79 Å². The summed E-state index contributed by atoms with van der Waals surface area (Å²) in [6.07, 6.45) is 6.02. The molecule has 23 heavy (non-hydrogen) atoms. The molecule has 1 unspecified atom stereocenters. The average Bonchev–Trinajstić information content (AvgIpc) is 3.18. The number of hydrogen-bond acceptors (Lipinski definition) is 3. The summed E-state index contributed by atoms with van der Waals surface area (Å²) in [6.45, 7) is 7.98. The van der Waals surface area contributed by atoms with Crippen LogP contribution in [0.25, 0.3) is 5.69 Å². The van der Waals surface area contributed by atoms with Crippen molar-refractivity contribution in [3.63, 3.8) is 0 Å². The van der Waals surface area contributed by atoms with Crippen LogP contribution in [0, 0.1) is 13.8 Å². The number of amides is 1. The monoisotopic (exact) mass is 329 g/mol. The van der Waals surface area contributed by atoms with Crippen molar-refractivity contribution in [1.82, 2.24) is 14.5 Å². The Kier molecular flexibility index (Phi) is 4.76. The van der Waals surface area contributed by atoms with E-state index in [0.29, 0.717) is 0 Å². The van der Waals surface area contributed by atoms with Crippen molar-refractivity contribution in [3.05, 3.63) is 41.7 Å². The van der Waals surface area contributed by atoms with Crippen molar-refractivity contribution in [2.75, 3.05) is 13.1 Å². The van der Waals surface area contributed by atoms with Crippen LogP contribution >= 0.6 is 11.8 Å². The molecule has 5 heteroatoms. The number of hydrogen-bond donors (Lipinski definition) is 0. The average molecular weight is 329 g/mol. The summed E-state index contributed by atoms with van der Waals surface area (Å²) in [5, 5.41) is 0.761. The van der Waals surface area contributed by atoms with Crippen LogP contribution in [0.2, 0.25) is 0 Å². The van der Waals surface area contributed by atoms with Gasteiger partial charge in [0.2, 0.25) is 5.91 Å². The molecule has 0 spiro atoms. The number of carbonyl (C=O) groups is 1. The predicted molar refractivity (Wildman–Crippen MR) is 94.2 cm³/mol. The van der Waals surface area contributed by atoms with Crippen LogP contribution in [0.1, 0.15) is 30.9 Å². The molecule has 1 aliphatic heterocycles. The molecule has 4 nitrogen and oxygen atoms in total. The molecule has 2 aromatic rings. The predicted octanol–water partition coefficient (Wildman–Crippen LogP) is 3.59. The Balaban J connectivity index is 1.79. The summed E-state index contributed by atoms with van der Waals surface area (Å²) in [5.74, 6) is 0.225. The number of aromatic nitrogens is 2. The van der Waals surface area contributed by atoms with Crippen LogP contribution in [0.4, 0.5) is 0 Å². The van der Waals surface area contributed by atoms with E-state index in [-0.39, 0.29) is 11.2 Å². The second kappa shape index (κ2) is 6.79. The van der Waals surface area contributed by atoms with Crippen molar-refractivity contribution >= 4 is 17.7 Å². The molecule has 3 rings (SSSR count). The summed E-state index contributed by atoms with van der Waals surface area (Å²) in [6, 6.07) is 6.39. The molecule has 0 radical (unpaired) electrons. The van der Waals surface area contributed by atoms with Gasteiger partial charge in [-0.1, -0.05) is 29.5 Å². The number of thioether (sulfide) groups is 1. The van der Waals surface area contributed by atoms with E-state index in [1.807, 2.05) is 18.0 Å². The van der Waals surface area contributed by atoms with Crippen molar-refractivity contribution in [3.8, 4) is 5.69 Å². The zero-order valence-electron chi connectivity index (χ0n) is 14.0. The first kappa shape index (κ1) is 16.1. The lowest BCUT2D eigenvalue weighted by Gasteiger charge is -2.20. The minimum absolute atomic E-state index is 0.111. The maximum atomic E-state index is 12.5. The lowest BCUT2D eigenvalue weighted by Crippen LogP contribution is -2.34. The highest BCUT2D eigenvalue weighted by atomic mass is 32.2. The second-order valence-corrected chi connectivity index (χ2v) is 7.47. The van der Waals surface area contributed by atoms with Crippen LogP contribution < -0.4 is 0 Å². The Labute approximate surface area is 141 Å². The van der Waals surface area contributed by atoms with Gasteiger partial charge in [-0.15, -0.1) is 0 Å². The molecule has 1 amide bonds. The number of rotatable bonds is 4. The van der Waals surface area contributed by atoms with Crippen molar-refractivity contribution in [2.24, 2.45) is 0 Å². The first-order chi connectivity index (χ1) is 11.1. The zero-order valence-corrected chi connectivity index (χ0v) is 14.8. The Morgan fingerprint density at radius 2 is 2.00 bits per heavy atom. The van der Waals surface area contributed by atoms with Crippen LogP contribution in [-0.2, 0) is 4.79 Å². The molecule has 0 saturated carbocycles. The normalized spacial score (nSPS) is 15.9. The van der Waals surface area contributed by atoms with Gasteiger partial charge in [0, 0.05) is 25.5 Å². The lowest BCUT2D eigenvalue weighted by atomic mass is 10.1. The number of likely N-dealkylation sites (tertiary alicyclic amines) is 1. The highest BCUT2D eigenvalue weighted by Gasteiger charge is 2.25. The van der Waals surface area contributed by atoms with Gasteiger partial charge in [0.25, 0.3) is 0 Å². The highest BCUT2D eigenvalue weighted by Crippen LogP contribution is 2.28. The van der Waals surface area contributed by atoms with E-state index in [0.717, 1.165) is 36.8 Å². The number of aryl methyl sites for hydroxylation is 2. The van der Waals surface area contributed by atoms with Crippen LogP contribution in [-0.4, -0.2) is 38.7 Å². The number of imidazole rings is 1. The van der Waals surface area contributed by atoms with Crippen molar-refractivity contribution in [1.29, 1.82) is 0 Å². The van der Waals surface area contributed by atoms with Gasteiger partial charge in [-0.25, -0.2) is 4.98 Å². The minimum Gasteiger partial charge on any atom is -0.342 e.